The van der Waals surface area contributed by atoms with Crippen LogP contribution in [0, 0.1) is 11.7 Å². The van der Waals surface area contributed by atoms with Gasteiger partial charge in [0.05, 0.1) is 12.1 Å². The number of hydrogen-bond acceptors (Lipinski definition) is 3. The van der Waals surface area contributed by atoms with Crippen molar-refractivity contribution in [2.24, 2.45) is 11.1 Å². The lowest BCUT2D eigenvalue weighted by Crippen LogP contribution is -2.11. The summed E-state index contributed by atoms with van der Waals surface area (Å²) in [5, 5.41) is 4.09. The van der Waals surface area contributed by atoms with E-state index in [1.54, 1.807) is 18.2 Å². The number of carbonyl (C=O) groups is 1. The van der Waals surface area contributed by atoms with Crippen LogP contribution in [0.15, 0.2) is 29.4 Å². The molecule has 1 aromatic carbocycles. The number of hydrogen-bond donors (Lipinski definition) is 0. The molecule has 1 fully saturated rings. The minimum absolute atomic E-state index is 0.0782. The molecule has 24 heavy (non-hydrogen) atoms. The second kappa shape index (κ2) is 10.2. The van der Waals surface area contributed by atoms with Gasteiger partial charge in [-0.1, -0.05) is 62.4 Å². The van der Waals surface area contributed by atoms with Gasteiger partial charge < -0.3 is 4.84 Å². The summed E-state index contributed by atoms with van der Waals surface area (Å²) < 4.78 is 13.5. The van der Waals surface area contributed by atoms with E-state index in [0.717, 1.165) is 31.4 Å². The number of oxime groups is 1. The molecule has 0 spiro atoms. The number of benzene rings is 1. The van der Waals surface area contributed by atoms with Crippen LogP contribution in [0.4, 0.5) is 4.39 Å². The monoisotopic (exact) mass is 333 g/mol. The van der Waals surface area contributed by atoms with Crippen LogP contribution in [0.5, 0.6) is 0 Å². The molecule has 0 aliphatic heterocycles. The van der Waals surface area contributed by atoms with Gasteiger partial charge in [0, 0.05) is 5.92 Å². The van der Waals surface area contributed by atoms with Crippen LogP contribution in [-0.2, 0) is 16.1 Å². The molecular weight excluding hydrogens is 305 g/mol. The van der Waals surface area contributed by atoms with Crippen molar-refractivity contribution in [2.45, 2.75) is 71.1 Å². The normalized spacial score (nSPS) is 18.9. The maximum atomic E-state index is 13.5. The molecule has 0 saturated heterocycles. The molecular formula is C20H28FNO2. The molecule has 0 heterocycles. The Labute approximate surface area is 144 Å². The largest absolute Gasteiger partial charge is 0.339 e. The van der Waals surface area contributed by atoms with Gasteiger partial charge >= 0.3 is 5.97 Å². The summed E-state index contributed by atoms with van der Waals surface area (Å²) >= 11 is 0. The quantitative estimate of drug-likeness (QED) is 0.343. The Bertz CT molecular complexity index is 556. The van der Waals surface area contributed by atoms with E-state index in [0.29, 0.717) is 11.5 Å². The number of nitrogens with zero attached hydrogens (tertiary/aromatic N) is 1. The third-order valence-electron chi connectivity index (χ3n) is 4.67. The lowest BCUT2D eigenvalue weighted by molar-refractivity contribution is -0.142. The smallest absolute Gasteiger partial charge is 0.318 e. The summed E-state index contributed by atoms with van der Waals surface area (Å²) in [6, 6.07) is 6.26. The molecule has 0 bridgehead atoms. The summed E-state index contributed by atoms with van der Waals surface area (Å²) in [6.45, 7) is 2.22. The molecule has 0 N–H and O–H groups in total. The topological polar surface area (TPSA) is 38.7 Å². The van der Waals surface area contributed by atoms with E-state index < -0.39 is 5.97 Å². The Kier molecular flexibility index (Phi) is 7.93. The molecule has 4 heteroatoms. The van der Waals surface area contributed by atoms with Crippen LogP contribution >= 0.6 is 0 Å². The molecule has 0 unspecified atom stereocenters. The fourth-order valence-corrected chi connectivity index (χ4v) is 3.26. The van der Waals surface area contributed by atoms with Crippen molar-refractivity contribution in [2.75, 3.05) is 0 Å². The Balaban J connectivity index is 1.77. The summed E-state index contributed by atoms with van der Waals surface area (Å²) in [7, 11) is 0. The summed E-state index contributed by atoms with van der Waals surface area (Å²) in [4.78, 5) is 16.9. The average Bonchev–Trinajstić information content (AvgIpc) is 3.02. The van der Waals surface area contributed by atoms with Crippen LogP contribution in [0.25, 0.3) is 0 Å². The van der Waals surface area contributed by atoms with Crippen molar-refractivity contribution in [3.05, 3.63) is 35.6 Å². The van der Waals surface area contributed by atoms with Crippen LogP contribution in [0.3, 0.4) is 0 Å². The first-order chi connectivity index (χ1) is 11.7. The molecule has 2 rings (SSSR count). The Morgan fingerprint density at radius 3 is 2.83 bits per heavy atom. The van der Waals surface area contributed by atoms with Gasteiger partial charge in [0.1, 0.15) is 5.82 Å². The zero-order valence-corrected chi connectivity index (χ0v) is 14.6. The van der Waals surface area contributed by atoms with Gasteiger partial charge in [0.15, 0.2) is 0 Å². The van der Waals surface area contributed by atoms with E-state index in [4.69, 9.17) is 4.84 Å². The average molecular weight is 333 g/mol. The molecule has 0 radical (unpaired) electrons. The van der Waals surface area contributed by atoms with Gasteiger partial charge in [-0.05, 0) is 37.3 Å². The van der Waals surface area contributed by atoms with E-state index in [-0.39, 0.29) is 12.2 Å². The zero-order valence-electron chi connectivity index (χ0n) is 14.6. The molecule has 1 aliphatic rings. The minimum Gasteiger partial charge on any atom is -0.318 e. The fraction of sp³-hybridized carbons (Fsp3) is 0.600. The Hall–Kier alpha value is -1.71. The molecule has 3 nitrogen and oxygen atoms in total. The Morgan fingerprint density at radius 1 is 1.25 bits per heavy atom. The maximum Gasteiger partial charge on any atom is 0.339 e. The minimum atomic E-state index is -0.499. The SMILES string of the molecule is CCCCCCC[C@H]1CCC/C1=N/OC(=O)Cc1ccccc1F. The van der Waals surface area contributed by atoms with E-state index in [1.165, 1.54) is 38.2 Å². The van der Waals surface area contributed by atoms with E-state index in [1.807, 2.05) is 0 Å². The first-order valence-corrected chi connectivity index (χ1v) is 9.20. The third-order valence-corrected chi connectivity index (χ3v) is 4.67. The maximum absolute atomic E-state index is 13.5. The van der Waals surface area contributed by atoms with E-state index in [2.05, 4.69) is 12.1 Å². The molecule has 0 amide bonds. The van der Waals surface area contributed by atoms with Gasteiger partial charge in [-0.2, -0.15) is 0 Å². The van der Waals surface area contributed by atoms with Gasteiger partial charge in [-0.3, -0.25) is 0 Å². The van der Waals surface area contributed by atoms with Crippen LogP contribution in [0.2, 0.25) is 0 Å². The van der Waals surface area contributed by atoms with Crippen molar-refractivity contribution >= 4 is 11.7 Å². The molecule has 0 aromatic heterocycles. The van der Waals surface area contributed by atoms with Crippen LogP contribution in [-0.4, -0.2) is 11.7 Å². The lowest BCUT2D eigenvalue weighted by Gasteiger charge is -2.10. The van der Waals surface area contributed by atoms with Crippen molar-refractivity contribution in [1.82, 2.24) is 0 Å². The fourth-order valence-electron chi connectivity index (χ4n) is 3.26. The van der Waals surface area contributed by atoms with E-state index in [9.17, 15) is 9.18 Å². The van der Waals surface area contributed by atoms with Crippen molar-refractivity contribution < 1.29 is 14.0 Å². The highest BCUT2D eigenvalue weighted by Gasteiger charge is 2.23. The van der Waals surface area contributed by atoms with Gasteiger partial charge in [0.2, 0.25) is 0 Å². The van der Waals surface area contributed by atoms with Gasteiger partial charge in [-0.15, -0.1) is 0 Å². The van der Waals surface area contributed by atoms with Crippen molar-refractivity contribution in [3.8, 4) is 0 Å². The highest BCUT2D eigenvalue weighted by Crippen LogP contribution is 2.28. The Morgan fingerprint density at radius 2 is 2.04 bits per heavy atom. The summed E-state index contributed by atoms with van der Waals surface area (Å²) in [6.07, 6.45) is 10.6. The third kappa shape index (κ3) is 6.06. The number of unbranched alkanes of at least 4 members (excludes halogenated alkanes) is 4. The second-order valence-electron chi connectivity index (χ2n) is 6.61. The van der Waals surface area contributed by atoms with Crippen LogP contribution < -0.4 is 0 Å². The predicted molar refractivity (Wildman–Crippen MR) is 94.3 cm³/mol. The summed E-state index contributed by atoms with van der Waals surface area (Å²) in [5.74, 6) is -0.429. The predicted octanol–water partition coefficient (Wildman–Crippen LogP) is 5.43. The molecule has 1 atom stereocenters. The molecule has 132 valence electrons. The van der Waals surface area contributed by atoms with Crippen molar-refractivity contribution in [3.63, 3.8) is 0 Å². The van der Waals surface area contributed by atoms with Gasteiger partial charge in [-0.25, -0.2) is 9.18 Å². The highest BCUT2D eigenvalue weighted by atomic mass is 19.1. The number of rotatable bonds is 9. The van der Waals surface area contributed by atoms with Crippen molar-refractivity contribution in [1.29, 1.82) is 0 Å². The second-order valence-corrected chi connectivity index (χ2v) is 6.61. The first kappa shape index (κ1) is 18.6. The lowest BCUT2D eigenvalue weighted by atomic mass is 9.98. The number of carbonyl (C=O) groups excluding carboxylic acids is 1. The molecule has 1 aromatic rings. The highest BCUT2D eigenvalue weighted by molar-refractivity contribution is 5.88. The summed E-state index contributed by atoms with van der Waals surface area (Å²) in [5.41, 5.74) is 1.36. The molecule has 1 aliphatic carbocycles. The van der Waals surface area contributed by atoms with Crippen LogP contribution in [0.1, 0.15) is 70.3 Å². The van der Waals surface area contributed by atoms with Gasteiger partial charge in [0.25, 0.3) is 0 Å². The van der Waals surface area contributed by atoms with E-state index >= 15 is 0 Å². The first-order valence-electron chi connectivity index (χ1n) is 9.20. The zero-order chi connectivity index (χ0) is 17.2. The number of halogens is 1. The standard InChI is InChI=1S/C20H28FNO2/c1-2-3-4-5-6-10-16-12-9-14-19(16)22-24-20(23)15-17-11-7-8-13-18(17)21/h7-8,11,13,16H,2-6,9-10,12,14-15H2,1H3/b22-19-/t16-/m0/s1. The molecule has 1 saturated carbocycles.